The number of aryl methyl sites for hydroxylation is 1. The smallest absolute Gasteiger partial charge is 0.382 e. The maximum absolute atomic E-state index is 13.2. The van der Waals surface area contributed by atoms with Crippen LogP contribution in [0.2, 0.25) is 0 Å². The van der Waals surface area contributed by atoms with Gasteiger partial charge in [-0.1, -0.05) is 6.07 Å². The van der Waals surface area contributed by atoms with Crippen LogP contribution in [0.5, 0.6) is 0 Å². The Labute approximate surface area is 112 Å². The molecule has 1 atom stereocenters. The Morgan fingerprint density at radius 2 is 1.85 bits per heavy atom. The number of aliphatic hydroxyl groups excluding tert-OH is 1. The Morgan fingerprint density at radius 1 is 1.15 bits per heavy atom. The summed E-state index contributed by atoms with van der Waals surface area (Å²) < 4.78 is 50.4. The van der Waals surface area contributed by atoms with E-state index in [0.29, 0.717) is 11.8 Å². The molecule has 20 heavy (non-hydrogen) atoms. The van der Waals surface area contributed by atoms with Gasteiger partial charge in [0.1, 0.15) is 11.9 Å². The van der Waals surface area contributed by atoms with E-state index in [9.17, 15) is 22.7 Å². The van der Waals surface area contributed by atoms with Gasteiger partial charge in [-0.15, -0.1) is 0 Å². The van der Waals surface area contributed by atoms with Gasteiger partial charge in [0.2, 0.25) is 0 Å². The third-order valence-corrected chi connectivity index (χ3v) is 2.77. The highest BCUT2D eigenvalue weighted by Crippen LogP contribution is 2.30. The van der Waals surface area contributed by atoms with Gasteiger partial charge in [-0.05, 0) is 42.3 Å². The van der Waals surface area contributed by atoms with E-state index in [2.05, 4.69) is 4.98 Å². The molecule has 0 saturated heterocycles. The summed E-state index contributed by atoms with van der Waals surface area (Å²) in [4.78, 5) is 3.59. The fourth-order valence-corrected chi connectivity index (χ4v) is 1.83. The molecule has 2 rings (SSSR count). The van der Waals surface area contributed by atoms with Crippen LogP contribution < -0.4 is 0 Å². The largest absolute Gasteiger partial charge is 0.417 e. The fourth-order valence-electron chi connectivity index (χ4n) is 1.83. The van der Waals surface area contributed by atoms with Crippen LogP contribution in [0.25, 0.3) is 0 Å². The van der Waals surface area contributed by atoms with Crippen molar-refractivity contribution in [3.8, 4) is 0 Å². The fraction of sp³-hybridized carbons (Fsp3) is 0.214. The Balaban J connectivity index is 2.31. The van der Waals surface area contributed by atoms with Gasteiger partial charge < -0.3 is 5.11 Å². The minimum absolute atomic E-state index is 0.0306. The number of aliphatic hydroxyl groups is 1. The zero-order valence-electron chi connectivity index (χ0n) is 10.4. The second kappa shape index (κ2) is 5.20. The van der Waals surface area contributed by atoms with E-state index in [4.69, 9.17) is 0 Å². The third kappa shape index (κ3) is 3.14. The number of benzene rings is 1. The van der Waals surface area contributed by atoms with Crippen molar-refractivity contribution in [2.75, 3.05) is 0 Å². The molecule has 0 amide bonds. The molecule has 0 aliphatic heterocycles. The Kier molecular flexibility index (Phi) is 3.76. The molecule has 6 heteroatoms. The average molecular weight is 285 g/mol. The summed E-state index contributed by atoms with van der Waals surface area (Å²) in [6.45, 7) is 1.65. The first-order valence-electron chi connectivity index (χ1n) is 5.75. The molecule has 1 unspecified atom stereocenters. The summed E-state index contributed by atoms with van der Waals surface area (Å²) in [7, 11) is 0. The summed E-state index contributed by atoms with van der Waals surface area (Å²) in [6.07, 6.45) is -5.11. The molecule has 0 bridgehead atoms. The quantitative estimate of drug-likeness (QED) is 0.855. The van der Waals surface area contributed by atoms with E-state index in [1.165, 1.54) is 6.07 Å². The lowest BCUT2D eigenvalue weighted by Crippen LogP contribution is -2.08. The lowest BCUT2D eigenvalue weighted by molar-refractivity contribution is -0.137. The van der Waals surface area contributed by atoms with Crippen LogP contribution in [0, 0.1) is 12.7 Å². The van der Waals surface area contributed by atoms with Crippen molar-refractivity contribution in [2.45, 2.75) is 19.2 Å². The lowest BCUT2D eigenvalue weighted by atomic mass is 10.0. The average Bonchev–Trinajstić information content (AvgIpc) is 2.36. The Morgan fingerprint density at radius 3 is 2.35 bits per heavy atom. The second-order valence-electron chi connectivity index (χ2n) is 4.43. The molecule has 0 aliphatic carbocycles. The van der Waals surface area contributed by atoms with Gasteiger partial charge in [-0.25, -0.2) is 4.39 Å². The number of pyridine rings is 1. The summed E-state index contributed by atoms with van der Waals surface area (Å²) in [5.74, 6) is -0.522. The summed E-state index contributed by atoms with van der Waals surface area (Å²) >= 11 is 0. The van der Waals surface area contributed by atoms with Crippen LogP contribution >= 0.6 is 0 Å². The molecule has 2 aromatic rings. The van der Waals surface area contributed by atoms with Crippen molar-refractivity contribution in [3.05, 3.63) is 64.7 Å². The summed E-state index contributed by atoms with van der Waals surface area (Å²) in [5.41, 5.74) is -0.0207. The first kappa shape index (κ1) is 14.5. The molecule has 2 nitrogen and oxygen atoms in total. The van der Waals surface area contributed by atoms with E-state index in [0.717, 1.165) is 18.2 Å². The van der Waals surface area contributed by atoms with Gasteiger partial charge >= 0.3 is 6.18 Å². The second-order valence-corrected chi connectivity index (χ2v) is 4.43. The number of hydrogen-bond acceptors (Lipinski definition) is 2. The van der Waals surface area contributed by atoms with Gasteiger partial charge in [-0.2, -0.15) is 13.2 Å². The van der Waals surface area contributed by atoms with Crippen molar-refractivity contribution in [3.63, 3.8) is 0 Å². The number of halogens is 4. The summed E-state index contributed by atoms with van der Waals surface area (Å²) in [6, 6.07) is 5.87. The van der Waals surface area contributed by atoms with E-state index in [1.54, 1.807) is 13.0 Å². The van der Waals surface area contributed by atoms with E-state index in [1.807, 2.05) is 0 Å². The predicted octanol–water partition coefficient (Wildman–Crippen LogP) is 3.63. The minimum Gasteiger partial charge on any atom is -0.382 e. The van der Waals surface area contributed by atoms with Crippen molar-refractivity contribution in [2.24, 2.45) is 0 Å². The minimum atomic E-state index is -4.48. The van der Waals surface area contributed by atoms with E-state index >= 15 is 0 Å². The maximum Gasteiger partial charge on any atom is 0.417 e. The highest BCUT2D eigenvalue weighted by molar-refractivity contribution is 5.31. The molecular weight excluding hydrogens is 274 g/mol. The van der Waals surface area contributed by atoms with Gasteiger partial charge in [0.25, 0.3) is 0 Å². The number of alkyl halides is 3. The van der Waals surface area contributed by atoms with Gasteiger partial charge in [0.15, 0.2) is 0 Å². The highest BCUT2D eigenvalue weighted by atomic mass is 19.4. The molecule has 1 aromatic carbocycles. The maximum atomic E-state index is 13.2. The molecule has 0 aliphatic rings. The predicted molar refractivity (Wildman–Crippen MR) is 64.4 cm³/mol. The molecule has 1 N–H and O–H groups in total. The van der Waals surface area contributed by atoms with Crippen LogP contribution in [0.15, 0.2) is 36.5 Å². The third-order valence-electron chi connectivity index (χ3n) is 2.77. The number of aromatic nitrogens is 1. The molecule has 0 saturated carbocycles. The first-order chi connectivity index (χ1) is 9.27. The molecule has 0 spiro atoms. The van der Waals surface area contributed by atoms with Crippen LogP contribution in [-0.2, 0) is 6.18 Å². The van der Waals surface area contributed by atoms with E-state index < -0.39 is 23.7 Å². The standard InChI is InChI=1S/C14H11F4NO/c1-8-4-9(6-11(15)5-8)13(20)12-3-2-10(7-19-12)14(16,17)18/h2-7,13,20H,1H3. The Bertz CT molecular complexity index is 587. The van der Waals surface area contributed by atoms with Crippen molar-refractivity contribution >= 4 is 0 Å². The number of nitrogens with zero attached hydrogens (tertiary/aromatic N) is 1. The number of rotatable bonds is 2. The first-order valence-corrected chi connectivity index (χ1v) is 5.75. The van der Waals surface area contributed by atoms with Crippen LogP contribution in [-0.4, -0.2) is 10.1 Å². The highest BCUT2D eigenvalue weighted by Gasteiger charge is 2.31. The molecule has 1 heterocycles. The SMILES string of the molecule is Cc1cc(F)cc(C(O)c2ccc(C(F)(F)F)cn2)c1. The van der Waals surface area contributed by atoms with Crippen molar-refractivity contribution < 1.29 is 22.7 Å². The topological polar surface area (TPSA) is 33.1 Å². The van der Waals surface area contributed by atoms with Gasteiger partial charge in [-0.3, -0.25) is 4.98 Å². The van der Waals surface area contributed by atoms with Gasteiger partial charge in [0, 0.05) is 6.20 Å². The zero-order valence-corrected chi connectivity index (χ0v) is 10.4. The van der Waals surface area contributed by atoms with Crippen molar-refractivity contribution in [1.29, 1.82) is 0 Å². The Hall–Kier alpha value is -1.95. The number of hydrogen-bond donors (Lipinski definition) is 1. The normalized spacial score (nSPS) is 13.3. The zero-order chi connectivity index (χ0) is 14.9. The molecule has 1 aromatic heterocycles. The summed E-state index contributed by atoms with van der Waals surface area (Å²) in [5, 5.41) is 10.0. The monoisotopic (exact) mass is 285 g/mol. The van der Waals surface area contributed by atoms with Crippen LogP contribution in [0.4, 0.5) is 17.6 Å². The molecule has 0 fully saturated rings. The molecule has 106 valence electrons. The van der Waals surface area contributed by atoms with Crippen molar-refractivity contribution in [1.82, 2.24) is 4.98 Å². The van der Waals surface area contributed by atoms with Gasteiger partial charge in [0.05, 0.1) is 11.3 Å². The van der Waals surface area contributed by atoms with Crippen LogP contribution in [0.1, 0.15) is 28.5 Å². The van der Waals surface area contributed by atoms with Crippen LogP contribution in [0.3, 0.4) is 0 Å². The van der Waals surface area contributed by atoms with E-state index in [-0.39, 0.29) is 11.3 Å². The lowest BCUT2D eigenvalue weighted by Gasteiger charge is -2.13. The molecule has 0 radical (unpaired) electrons. The molecular formula is C14H11F4NO.